The Morgan fingerprint density at radius 3 is 2.07 bits per heavy atom. The van der Waals surface area contributed by atoms with Crippen LogP contribution in [0.4, 0.5) is 0 Å². The summed E-state index contributed by atoms with van der Waals surface area (Å²) in [5.74, 6) is -0.233. The average molecular weight is 213 g/mol. The minimum Gasteiger partial charge on any atom is -0.463 e. The van der Waals surface area contributed by atoms with E-state index < -0.39 is 0 Å². The minimum atomic E-state index is -0.233. The quantitative estimate of drug-likeness (QED) is 0.519. The van der Waals surface area contributed by atoms with Crippen LogP contribution in [0.5, 0.6) is 0 Å². The van der Waals surface area contributed by atoms with Crippen molar-refractivity contribution in [2.24, 2.45) is 0 Å². The van der Waals surface area contributed by atoms with Gasteiger partial charge >= 0.3 is 5.97 Å². The van der Waals surface area contributed by atoms with Crippen molar-refractivity contribution in [3.63, 3.8) is 0 Å². The van der Waals surface area contributed by atoms with Crippen LogP contribution in [0.25, 0.3) is 0 Å². The first kappa shape index (κ1) is 14.0. The third-order valence-electron chi connectivity index (χ3n) is 2.13. The topological polar surface area (TPSA) is 29.5 Å². The van der Waals surface area contributed by atoms with Crippen molar-refractivity contribution < 1.29 is 9.53 Å². The largest absolute Gasteiger partial charge is 0.463 e. The first-order valence-electron chi connectivity index (χ1n) is 5.53. The number of nitrogens with zero attached hydrogens (tertiary/aromatic N) is 1. The number of esters is 1. The molecule has 0 aromatic carbocycles. The molecule has 0 bridgehead atoms. The van der Waals surface area contributed by atoms with E-state index >= 15 is 0 Å². The minimum absolute atomic E-state index is 0.233. The zero-order valence-electron chi connectivity index (χ0n) is 10.7. The Labute approximate surface area is 93.1 Å². The lowest BCUT2D eigenvalue weighted by Crippen LogP contribution is -2.32. The second kappa shape index (κ2) is 6.49. The third kappa shape index (κ3) is 4.86. The zero-order chi connectivity index (χ0) is 12.0. The van der Waals surface area contributed by atoms with Crippen molar-refractivity contribution in [2.75, 3.05) is 6.61 Å². The number of rotatable bonds is 5. The molecule has 3 heteroatoms. The summed E-state index contributed by atoms with van der Waals surface area (Å²) in [4.78, 5) is 13.6. The van der Waals surface area contributed by atoms with E-state index in [1.807, 2.05) is 13.1 Å². The van der Waals surface area contributed by atoms with E-state index in [0.29, 0.717) is 24.3 Å². The van der Waals surface area contributed by atoms with Gasteiger partial charge in [0.1, 0.15) is 0 Å². The summed E-state index contributed by atoms with van der Waals surface area (Å²) in [5, 5.41) is 0. The molecule has 0 aliphatic carbocycles. The highest BCUT2D eigenvalue weighted by molar-refractivity contribution is 5.87. The van der Waals surface area contributed by atoms with E-state index in [1.165, 1.54) is 0 Å². The normalized spacial score (nSPS) is 12.1. The summed E-state index contributed by atoms with van der Waals surface area (Å²) in [5.41, 5.74) is 0.652. The molecule has 0 rings (SSSR count). The van der Waals surface area contributed by atoms with Gasteiger partial charge in [-0.2, -0.15) is 0 Å². The Morgan fingerprint density at radius 1 is 1.27 bits per heavy atom. The number of ether oxygens (including phenoxy) is 1. The van der Waals surface area contributed by atoms with Crippen LogP contribution in [0, 0.1) is 0 Å². The second-order valence-corrected chi connectivity index (χ2v) is 4.17. The van der Waals surface area contributed by atoms with Crippen molar-refractivity contribution >= 4 is 5.97 Å². The van der Waals surface area contributed by atoms with Gasteiger partial charge in [-0.05, 0) is 41.5 Å². The molecular formula is C12H23NO2. The average Bonchev–Trinajstić information content (AvgIpc) is 2.12. The summed E-state index contributed by atoms with van der Waals surface area (Å²) in [6, 6.07) is 0.767. The molecule has 0 saturated heterocycles. The van der Waals surface area contributed by atoms with Crippen LogP contribution in [0.2, 0.25) is 0 Å². The third-order valence-corrected chi connectivity index (χ3v) is 2.13. The summed E-state index contributed by atoms with van der Waals surface area (Å²) in [7, 11) is 0. The van der Waals surface area contributed by atoms with Crippen LogP contribution < -0.4 is 0 Å². The summed E-state index contributed by atoms with van der Waals surface area (Å²) >= 11 is 0. The molecule has 0 aromatic rings. The fourth-order valence-electron chi connectivity index (χ4n) is 1.42. The molecule has 0 heterocycles. The van der Waals surface area contributed by atoms with Gasteiger partial charge in [-0.25, -0.2) is 4.79 Å². The molecule has 0 aliphatic heterocycles. The lowest BCUT2D eigenvalue weighted by Gasteiger charge is -2.29. The molecule has 3 nitrogen and oxygen atoms in total. The van der Waals surface area contributed by atoms with Gasteiger partial charge in [0.25, 0.3) is 0 Å². The van der Waals surface area contributed by atoms with Gasteiger partial charge in [-0.1, -0.05) is 0 Å². The van der Waals surface area contributed by atoms with Gasteiger partial charge in [0.2, 0.25) is 0 Å². The molecule has 0 amide bonds. The SMILES string of the molecule is CCOC(=O)C(C)=CN(C(C)C)C(C)C. The maximum atomic E-state index is 11.4. The van der Waals surface area contributed by atoms with Crippen molar-refractivity contribution in [3.8, 4) is 0 Å². The monoisotopic (exact) mass is 213 g/mol. The van der Waals surface area contributed by atoms with Gasteiger partial charge in [0.05, 0.1) is 6.61 Å². The first-order valence-corrected chi connectivity index (χ1v) is 5.53. The molecule has 0 spiro atoms. The smallest absolute Gasteiger partial charge is 0.335 e. The molecule has 0 aliphatic rings. The first-order chi connectivity index (χ1) is 6.90. The Bertz CT molecular complexity index is 224. The maximum absolute atomic E-state index is 11.4. The zero-order valence-corrected chi connectivity index (χ0v) is 10.7. The fourth-order valence-corrected chi connectivity index (χ4v) is 1.42. The Morgan fingerprint density at radius 2 is 1.73 bits per heavy atom. The van der Waals surface area contributed by atoms with Crippen LogP contribution >= 0.6 is 0 Å². The summed E-state index contributed by atoms with van der Waals surface area (Å²) in [6.45, 7) is 12.4. The molecule has 0 fully saturated rings. The van der Waals surface area contributed by atoms with E-state index in [1.54, 1.807) is 6.92 Å². The lowest BCUT2D eigenvalue weighted by atomic mass is 10.2. The van der Waals surface area contributed by atoms with Crippen molar-refractivity contribution in [1.82, 2.24) is 4.90 Å². The van der Waals surface area contributed by atoms with Crippen LogP contribution in [-0.2, 0) is 9.53 Å². The second-order valence-electron chi connectivity index (χ2n) is 4.17. The van der Waals surface area contributed by atoms with Gasteiger partial charge in [-0.3, -0.25) is 0 Å². The van der Waals surface area contributed by atoms with Gasteiger partial charge in [0, 0.05) is 23.9 Å². The molecule has 0 aromatic heterocycles. The number of carbonyl (C=O) groups is 1. The predicted octanol–water partition coefficient (Wildman–Crippen LogP) is 2.57. The van der Waals surface area contributed by atoms with E-state index in [-0.39, 0.29) is 5.97 Å². The summed E-state index contributed by atoms with van der Waals surface area (Å²) in [6.07, 6.45) is 1.88. The molecule has 0 radical (unpaired) electrons. The molecule has 0 atom stereocenters. The van der Waals surface area contributed by atoms with E-state index in [9.17, 15) is 4.79 Å². The molecule has 15 heavy (non-hydrogen) atoms. The number of hydrogen-bond donors (Lipinski definition) is 0. The van der Waals surface area contributed by atoms with Gasteiger partial charge in [0.15, 0.2) is 0 Å². The molecular weight excluding hydrogens is 190 g/mol. The van der Waals surface area contributed by atoms with Crippen LogP contribution in [-0.4, -0.2) is 29.6 Å². The van der Waals surface area contributed by atoms with Crippen molar-refractivity contribution in [2.45, 2.75) is 53.6 Å². The maximum Gasteiger partial charge on any atom is 0.335 e. The standard InChI is InChI=1S/C12H23NO2/c1-7-15-12(14)11(6)8-13(9(2)3)10(4)5/h8-10H,7H2,1-6H3. The Hall–Kier alpha value is -0.990. The van der Waals surface area contributed by atoms with Crippen LogP contribution in [0.3, 0.4) is 0 Å². The van der Waals surface area contributed by atoms with E-state index in [2.05, 4.69) is 32.6 Å². The number of hydrogen-bond acceptors (Lipinski definition) is 3. The van der Waals surface area contributed by atoms with E-state index in [0.717, 1.165) is 0 Å². The van der Waals surface area contributed by atoms with Gasteiger partial charge in [-0.15, -0.1) is 0 Å². The molecule has 0 N–H and O–H groups in total. The molecule has 88 valence electrons. The molecule has 0 saturated carbocycles. The lowest BCUT2D eigenvalue weighted by molar-refractivity contribution is -0.138. The van der Waals surface area contributed by atoms with Crippen molar-refractivity contribution in [3.05, 3.63) is 11.8 Å². The van der Waals surface area contributed by atoms with Gasteiger partial charge < -0.3 is 9.64 Å². The highest BCUT2D eigenvalue weighted by Crippen LogP contribution is 2.09. The molecule has 0 unspecified atom stereocenters. The van der Waals surface area contributed by atoms with Crippen molar-refractivity contribution in [1.29, 1.82) is 0 Å². The Balaban J connectivity index is 4.60. The highest BCUT2D eigenvalue weighted by Gasteiger charge is 2.12. The van der Waals surface area contributed by atoms with Crippen LogP contribution in [0.15, 0.2) is 11.8 Å². The predicted molar refractivity (Wildman–Crippen MR) is 62.5 cm³/mol. The fraction of sp³-hybridized carbons (Fsp3) is 0.750. The summed E-state index contributed by atoms with van der Waals surface area (Å²) < 4.78 is 4.93. The van der Waals surface area contributed by atoms with Crippen LogP contribution in [0.1, 0.15) is 41.5 Å². The van der Waals surface area contributed by atoms with E-state index in [4.69, 9.17) is 4.74 Å². The highest BCUT2D eigenvalue weighted by atomic mass is 16.5. The number of carbonyl (C=O) groups excluding carboxylic acids is 1. The Kier molecular flexibility index (Phi) is 6.06.